The van der Waals surface area contributed by atoms with Crippen molar-refractivity contribution in [2.75, 3.05) is 23.0 Å². The third-order valence-corrected chi connectivity index (χ3v) is 3.74. The van der Waals surface area contributed by atoms with E-state index in [0.717, 1.165) is 9.80 Å². The summed E-state index contributed by atoms with van der Waals surface area (Å²) in [5.41, 5.74) is 0.260. The minimum Gasteiger partial charge on any atom is -0.494 e. The molecule has 1 heterocycles. The number of nitrogens with zero attached hydrogens (tertiary/aromatic N) is 3. The fraction of sp³-hybridized carbons (Fsp3) is 0.176. The zero-order valence-corrected chi connectivity index (χ0v) is 13.4. The number of amides is 3. The number of hydrogen-bond acceptors (Lipinski definition) is 5. The summed E-state index contributed by atoms with van der Waals surface area (Å²) in [6.07, 6.45) is 0. The Labute approximate surface area is 143 Å². The number of nitro groups is 1. The lowest BCUT2D eigenvalue weighted by Gasteiger charge is -2.17. The summed E-state index contributed by atoms with van der Waals surface area (Å²) < 4.78 is 5.34. The van der Waals surface area contributed by atoms with Crippen LogP contribution in [0.15, 0.2) is 48.5 Å². The van der Waals surface area contributed by atoms with Crippen LogP contribution < -0.4 is 14.5 Å². The number of imide groups is 1. The first-order chi connectivity index (χ1) is 12.0. The maximum atomic E-state index is 12.7. The molecule has 25 heavy (non-hydrogen) atoms. The van der Waals surface area contributed by atoms with Crippen LogP contribution in [0.1, 0.15) is 6.92 Å². The van der Waals surface area contributed by atoms with E-state index in [-0.39, 0.29) is 17.9 Å². The Balaban J connectivity index is 1.92. The number of benzene rings is 2. The molecule has 8 nitrogen and oxygen atoms in total. The van der Waals surface area contributed by atoms with Gasteiger partial charge in [-0.1, -0.05) is 12.1 Å². The molecule has 0 aromatic heterocycles. The molecule has 0 bridgehead atoms. The summed E-state index contributed by atoms with van der Waals surface area (Å²) >= 11 is 0. The molecule has 0 atom stereocenters. The van der Waals surface area contributed by atoms with Gasteiger partial charge in [0, 0.05) is 6.07 Å². The highest BCUT2D eigenvalue weighted by molar-refractivity contribution is 6.27. The lowest BCUT2D eigenvalue weighted by Crippen LogP contribution is -2.33. The summed E-state index contributed by atoms with van der Waals surface area (Å²) in [4.78, 5) is 37.7. The fourth-order valence-corrected chi connectivity index (χ4v) is 2.65. The molecule has 0 N–H and O–H groups in total. The van der Waals surface area contributed by atoms with Crippen LogP contribution in [0.25, 0.3) is 0 Å². The van der Waals surface area contributed by atoms with E-state index in [9.17, 15) is 19.7 Å². The molecule has 0 radical (unpaired) electrons. The number of para-hydroxylation sites is 2. The van der Waals surface area contributed by atoms with Crippen molar-refractivity contribution < 1.29 is 19.2 Å². The van der Waals surface area contributed by atoms with Gasteiger partial charge in [-0.2, -0.15) is 0 Å². The molecule has 0 saturated carbocycles. The Hall–Kier alpha value is -3.42. The monoisotopic (exact) mass is 341 g/mol. The molecular formula is C17H15N3O5. The Morgan fingerprint density at radius 1 is 1.12 bits per heavy atom. The third kappa shape index (κ3) is 3.01. The molecule has 8 heteroatoms. The molecular weight excluding hydrogens is 326 g/mol. The van der Waals surface area contributed by atoms with E-state index in [4.69, 9.17) is 4.74 Å². The molecule has 0 unspecified atom stereocenters. The van der Waals surface area contributed by atoms with Crippen LogP contribution >= 0.6 is 0 Å². The van der Waals surface area contributed by atoms with Gasteiger partial charge < -0.3 is 4.74 Å². The molecule has 1 aliphatic rings. The van der Waals surface area contributed by atoms with Crippen LogP contribution in [-0.2, 0) is 4.79 Å². The SMILES string of the molecule is CCOc1ccc(N2C(=O)CN(c3ccccc3[N+](=O)[O-])C2=O)cc1. The van der Waals surface area contributed by atoms with Gasteiger partial charge >= 0.3 is 6.03 Å². The molecule has 2 aromatic carbocycles. The van der Waals surface area contributed by atoms with Gasteiger partial charge in [0.2, 0.25) is 0 Å². The quantitative estimate of drug-likeness (QED) is 0.473. The molecule has 1 saturated heterocycles. The van der Waals surface area contributed by atoms with Crippen LogP contribution in [-0.4, -0.2) is 30.0 Å². The highest BCUT2D eigenvalue weighted by atomic mass is 16.6. The smallest absolute Gasteiger partial charge is 0.336 e. The summed E-state index contributed by atoms with van der Waals surface area (Å²) in [5.74, 6) is 0.174. The van der Waals surface area contributed by atoms with Crippen molar-refractivity contribution in [2.24, 2.45) is 0 Å². The van der Waals surface area contributed by atoms with Crippen LogP contribution in [0.4, 0.5) is 21.9 Å². The predicted octanol–water partition coefficient (Wildman–Crippen LogP) is 2.97. The first-order valence-electron chi connectivity index (χ1n) is 7.63. The van der Waals surface area contributed by atoms with Crippen LogP contribution in [0.5, 0.6) is 5.75 Å². The lowest BCUT2D eigenvalue weighted by atomic mass is 10.2. The average molecular weight is 341 g/mol. The van der Waals surface area contributed by atoms with Crippen molar-refractivity contribution in [2.45, 2.75) is 6.92 Å². The second-order valence-electron chi connectivity index (χ2n) is 5.27. The van der Waals surface area contributed by atoms with Gasteiger partial charge in [0.25, 0.3) is 11.6 Å². The Morgan fingerprint density at radius 3 is 2.44 bits per heavy atom. The summed E-state index contributed by atoms with van der Waals surface area (Å²) in [7, 11) is 0. The zero-order chi connectivity index (χ0) is 18.0. The van der Waals surface area contributed by atoms with Crippen molar-refractivity contribution in [1.29, 1.82) is 0 Å². The topological polar surface area (TPSA) is 93.0 Å². The van der Waals surface area contributed by atoms with Gasteiger partial charge in [-0.05, 0) is 37.3 Å². The van der Waals surface area contributed by atoms with E-state index in [0.29, 0.717) is 18.0 Å². The number of urea groups is 1. The number of carbonyl (C=O) groups excluding carboxylic acids is 2. The van der Waals surface area contributed by atoms with Crippen LogP contribution in [0.3, 0.4) is 0 Å². The Kier molecular flexibility index (Phi) is 4.34. The number of nitro benzene ring substituents is 1. The van der Waals surface area contributed by atoms with Gasteiger partial charge in [-0.25, -0.2) is 9.69 Å². The van der Waals surface area contributed by atoms with Gasteiger partial charge in [0.1, 0.15) is 18.0 Å². The molecule has 3 rings (SSSR count). The first kappa shape index (κ1) is 16.4. The van der Waals surface area contributed by atoms with E-state index >= 15 is 0 Å². The molecule has 3 amide bonds. The minimum atomic E-state index is -0.622. The van der Waals surface area contributed by atoms with Gasteiger partial charge in [-0.15, -0.1) is 0 Å². The van der Waals surface area contributed by atoms with Crippen molar-refractivity contribution in [1.82, 2.24) is 0 Å². The van der Waals surface area contributed by atoms with Crippen molar-refractivity contribution in [3.63, 3.8) is 0 Å². The van der Waals surface area contributed by atoms with E-state index < -0.39 is 16.9 Å². The van der Waals surface area contributed by atoms with Gasteiger partial charge in [0.05, 0.1) is 17.2 Å². The standard InChI is InChI=1S/C17H15N3O5/c1-2-25-13-9-7-12(8-10-13)19-16(21)11-18(17(19)22)14-5-3-4-6-15(14)20(23)24/h3-10H,2,11H2,1H3. The highest BCUT2D eigenvalue weighted by Gasteiger charge is 2.40. The Morgan fingerprint density at radius 2 is 1.80 bits per heavy atom. The normalized spacial score (nSPS) is 14.1. The molecule has 0 spiro atoms. The maximum absolute atomic E-state index is 12.7. The Bertz CT molecular complexity index is 834. The summed E-state index contributed by atoms with van der Waals surface area (Å²) in [6, 6.07) is 11.7. The number of rotatable bonds is 5. The molecule has 128 valence electrons. The first-order valence-corrected chi connectivity index (χ1v) is 7.63. The van der Waals surface area contributed by atoms with E-state index in [1.807, 2.05) is 6.92 Å². The number of ether oxygens (including phenoxy) is 1. The van der Waals surface area contributed by atoms with E-state index in [1.54, 1.807) is 30.3 Å². The molecule has 1 fully saturated rings. The van der Waals surface area contributed by atoms with Crippen LogP contribution in [0, 0.1) is 10.1 Å². The predicted molar refractivity (Wildman–Crippen MR) is 90.9 cm³/mol. The molecule has 1 aliphatic heterocycles. The number of hydrogen-bond donors (Lipinski definition) is 0. The van der Waals surface area contributed by atoms with Gasteiger partial charge in [0.15, 0.2) is 0 Å². The van der Waals surface area contributed by atoms with Gasteiger partial charge in [-0.3, -0.25) is 19.8 Å². The zero-order valence-electron chi connectivity index (χ0n) is 13.4. The second kappa shape index (κ2) is 6.60. The number of anilines is 2. The fourth-order valence-electron chi connectivity index (χ4n) is 2.65. The third-order valence-electron chi connectivity index (χ3n) is 3.74. The highest BCUT2D eigenvalue weighted by Crippen LogP contribution is 2.32. The van der Waals surface area contributed by atoms with Crippen LogP contribution in [0.2, 0.25) is 0 Å². The summed E-state index contributed by atoms with van der Waals surface area (Å²) in [6.45, 7) is 2.11. The largest absolute Gasteiger partial charge is 0.494 e. The summed E-state index contributed by atoms with van der Waals surface area (Å²) in [5, 5.41) is 11.2. The van der Waals surface area contributed by atoms with E-state index in [1.165, 1.54) is 18.2 Å². The van der Waals surface area contributed by atoms with Crippen molar-refractivity contribution in [3.05, 3.63) is 58.6 Å². The molecule has 0 aliphatic carbocycles. The number of carbonyl (C=O) groups is 2. The second-order valence-corrected chi connectivity index (χ2v) is 5.27. The maximum Gasteiger partial charge on any atom is 0.336 e. The minimum absolute atomic E-state index is 0.0966. The average Bonchev–Trinajstić information content (AvgIpc) is 2.90. The van der Waals surface area contributed by atoms with Crippen molar-refractivity contribution >= 4 is 29.0 Å². The van der Waals surface area contributed by atoms with E-state index in [2.05, 4.69) is 0 Å². The lowest BCUT2D eigenvalue weighted by molar-refractivity contribution is -0.384. The molecule has 2 aromatic rings. The van der Waals surface area contributed by atoms with Crippen molar-refractivity contribution in [3.8, 4) is 5.75 Å².